The number of carbonyl (C=O) groups is 1. The lowest BCUT2D eigenvalue weighted by molar-refractivity contribution is -0.366. The maximum absolute atomic E-state index is 10.6. The molecule has 0 radical (unpaired) electrons. The third-order valence-corrected chi connectivity index (χ3v) is 1.19. The molecule has 54 valence electrons. The van der Waals surface area contributed by atoms with Crippen LogP contribution in [-0.2, 0) is 4.79 Å². The number of hydrogen-bond acceptors (Lipinski definition) is 2. The van der Waals surface area contributed by atoms with Gasteiger partial charge in [-0.1, -0.05) is 13.3 Å². The van der Waals surface area contributed by atoms with Crippen molar-refractivity contribution in [2.75, 3.05) is 6.61 Å². The van der Waals surface area contributed by atoms with Crippen LogP contribution in [0.15, 0.2) is 0 Å². The topological polar surface area (TPSA) is 40.1 Å². The van der Waals surface area contributed by atoms with Crippen molar-refractivity contribution in [3.8, 4) is 0 Å². The number of ketones is 1. The van der Waals surface area contributed by atoms with Crippen LogP contribution >= 0.6 is 0 Å². The van der Waals surface area contributed by atoms with E-state index in [0.717, 1.165) is 12.8 Å². The molecule has 0 bridgehead atoms. The second-order valence-electron chi connectivity index (χ2n) is 2.10. The molecule has 0 fully saturated rings. The molecule has 0 saturated heterocycles. The lowest BCUT2D eigenvalue weighted by atomic mass is 10.1. The molecule has 9 heavy (non-hydrogen) atoms. The van der Waals surface area contributed by atoms with Gasteiger partial charge in [0.05, 0.1) is 0 Å². The number of hydrogen-bond donors (Lipinski definition) is 0. The summed E-state index contributed by atoms with van der Waals surface area (Å²) in [5.41, 5.74) is 0. The molecule has 0 N–H and O–H groups in total. The fourth-order valence-electron chi connectivity index (χ4n) is 0.613. The van der Waals surface area contributed by atoms with Crippen molar-refractivity contribution in [2.24, 2.45) is 0 Å². The van der Waals surface area contributed by atoms with Crippen LogP contribution in [0.5, 0.6) is 0 Å². The van der Waals surface area contributed by atoms with E-state index in [2.05, 4.69) is 0 Å². The predicted octanol–water partition coefficient (Wildman–Crippen LogP) is 0.496. The van der Waals surface area contributed by atoms with Gasteiger partial charge in [0.2, 0.25) is 0 Å². The van der Waals surface area contributed by atoms with Gasteiger partial charge in [0.1, 0.15) is 5.78 Å². The Labute approximate surface area is 55.9 Å². The van der Waals surface area contributed by atoms with Crippen molar-refractivity contribution in [1.29, 1.82) is 0 Å². The number of unbranched alkanes of at least 4 members (excludes halogenated alkanes) is 1. The fraction of sp³-hybridized carbons (Fsp3) is 0.857. The van der Waals surface area contributed by atoms with Gasteiger partial charge in [-0.25, -0.2) is 0 Å². The van der Waals surface area contributed by atoms with E-state index in [-0.39, 0.29) is 18.8 Å². The molecule has 0 unspecified atom stereocenters. The molecule has 0 aliphatic rings. The van der Waals surface area contributed by atoms with Crippen molar-refractivity contribution < 1.29 is 9.90 Å². The van der Waals surface area contributed by atoms with Gasteiger partial charge in [-0.05, 0) is 12.8 Å². The zero-order chi connectivity index (χ0) is 7.11. The highest BCUT2D eigenvalue weighted by atomic mass is 16.3. The number of rotatable bonds is 5. The van der Waals surface area contributed by atoms with Gasteiger partial charge >= 0.3 is 0 Å². The van der Waals surface area contributed by atoms with Gasteiger partial charge in [0.15, 0.2) is 0 Å². The molecule has 2 nitrogen and oxygen atoms in total. The Balaban J connectivity index is 3.06. The zero-order valence-electron chi connectivity index (χ0n) is 5.85. The van der Waals surface area contributed by atoms with E-state index >= 15 is 0 Å². The quantitative estimate of drug-likeness (QED) is 0.542. The normalized spacial score (nSPS) is 9.56. The Morgan fingerprint density at radius 1 is 1.44 bits per heavy atom. The van der Waals surface area contributed by atoms with Crippen LogP contribution < -0.4 is 5.11 Å². The summed E-state index contributed by atoms with van der Waals surface area (Å²) < 4.78 is 0. The molecule has 0 aromatic heterocycles. The van der Waals surface area contributed by atoms with E-state index in [0.29, 0.717) is 6.42 Å². The van der Waals surface area contributed by atoms with E-state index < -0.39 is 0 Å². The largest absolute Gasteiger partial charge is 0.854 e. The summed E-state index contributed by atoms with van der Waals surface area (Å²) >= 11 is 0. The average Bonchev–Trinajstić information content (AvgIpc) is 1.85. The van der Waals surface area contributed by atoms with E-state index in [1.807, 2.05) is 6.92 Å². The molecular weight excluding hydrogens is 116 g/mol. The third kappa shape index (κ3) is 5.50. The first-order chi connectivity index (χ1) is 4.31. The average molecular weight is 129 g/mol. The molecular formula is C7H13O2-. The van der Waals surface area contributed by atoms with E-state index in [9.17, 15) is 9.90 Å². The summed E-state index contributed by atoms with van der Waals surface area (Å²) in [4.78, 5) is 10.6. The highest BCUT2D eigenvalue weighted by Gasteiger charge is 1.94. The smallest absolute Gasteiger partial charge is 0.131 e. The number of Topliss-reactive ketones (excluding diaryl/α,β-unsaturated/α-hetero) is 1. The summed E-state index contributed by atoms with van der Waals surface area (Å²) in [7, 11) is 0. The Morgan fingerprint density at radius 3 is 2.56 bits per heavy atom. The van der Waals surface area contributed by atoms with Crippen LogP contribution in [0.25, 0.3) is 0 Å². The summed E-state index contributed by atoms with van der Waals surface area (Å²) in [6.45, 7) is 1.78. The molecule has 0 aromatic carbocycles. The Kier molecular flexibility index (Phi) is 5.52. The van der Waals surface area contributed by atoms with Crippen LogP contribution in [0.1, 0.15) is 32.6 Å². The molecule has 0 atom stereocenters. The minimum atomic E-state index is -0.247. The summed E-state index contributed by atoms with van der Waals surface area (Å²) in [5.74, 6) is 0.117. The molecule has 0 amide bonds. The number of carbonyl (C=O) groups excluding carboxylic acids is 1. The van der Waals surface area contributed by atoms with E-state index in [1.54, 1.807) is 0 Å². The second-order valence-corrected chi connectivity index (χ2v) is 2.10. The lowest BCUT2D eigenvalue weighted by Gasteiger charge is -2.00. The molecule has 0 aliphatic carbocycles. The molecule has 0 saturated carbocycles. The monoisotopic (exact) mass is 129 g/mol. The van der Waals surface area contributed by atoms with Crippen molar-refractivity contribution in [1.82, 2.24) is 0 Å². The molecule has 0 aromatic rings. The zero-order valence-corrected chi connectivity index (χ0v) is 5.85. The molecule has 0 aliphatic heterocycles. The summed E-state index contributed by atoms with van der Waals surface area (Å²) in [6, 6.07) is 0. The van der Waals surface area contributed by atoms with Gasteiger partial charge in [0.25, 0.3) is 0 Å². The van der Waals surface area contributed by atoms with Gasteiger partial charge in [-0.2, -0.15) is 0 Å². The first-order valence-corrected chi connectivity index (χ1v) is 3.41. The highest BCUT2D eigenvalue weighted by molar-refractivity contribution is 5.78. The molecule has 0 spiro atoms. The van der Waals surface area contributed by atoms with Crippen molar-refractivity contribution in [3.63, 3.8) is 0 Å². The van der Waals surface area contributed by atoms with Crippen molar-refractivity contribution in [2.45, 2.75) is 32.6 Å². The first kappa shape index (κ1) is 8.63. The Hall–Kier alpha value is -0.370. The van der Waals surface area contributed by atoms with E-state index in [4.69, 9.17) is 0 Å². The van der Waals surface area contributed by atoms with Gasteiger partial charge in [-0.3, -0.25) is 4.79 Å². The standard InChI is InChI=1S/C7H13O2/c1-2-3-4-7(9)5-6-8/h2-6H2,1H3/q-1. The Morgan fingerprint density at radius 2 is 2.11 bits per heavy atom. The van der Waals surface area contributed by atoms with Crippen molar-refractivity contribution >= 4 is 5.78 Å². The SMILES string of the molecule is CCCCC(=O)CC[O-]. The fourth-order valence-corrected chi connectivity index (χ4v) is 0.613. The van der Waals surface area contributed by atoms with Gasteiger partial charge in [0, 0.05) is 6.42 Å². The van der Waals surface area contributed by atoms with Crippen LogP contribution in [0.2, 0.25) is 0 Å². The lowest BCUT2D eigenvalue weighted by Crippen LogP contribution is -2.11. The summed E-state index contributed by atoms with van der Waals surface area (Å²) in [5, 5.41) is 9.88. The van der Waals surface area contributed by atoms with Crippen LogP contribution in [-0.4, -0.2) is 12.4 Å². The Bertz CT molecular complexity index is 79.0. The van der Waals surface area contributed by atoms with Gasteiger partial charge < -0.3 is 5.11 Å². The van der Waals surface area contributed by atoms with Crippen molar-refractivity contribution in [3.05, 3.63) is 0 Å². The van der Waals surface area contributed by atoms with Crippen LogP contribution in [0, 0.1) is 0 Å². The molecule has 0 rings (SSSR count). The minimum absolute atomic E-state index is 0.117. The molecule has 0 heterocycles. The molecule has 2 heteroatoms. The maximum atomic E-state index is 10.6. The second kappa shape index (κ2) is 5.76. The van der Waals surface area contributed by atoms with Crippen LogP contribution in [0.4, 0.5) is 0 Å². The van der Waals surface area contributed by atoms with E-state index in [1.165, 1.54) is 0 Å². The minimum Gasteiger partial charge on any atom is -0.854 e. The first-order valence-electron chi connectivity index (χ1n) is 3.41. The predicted molar refractivity (Wildman–Crippen MR) is 34.0 cm³/mol. The van der Waals surface area contributed by atoms with Gasteiger partial charge in [-0.15, -0.1) is 6.61 Å². The maximum Gasteiger partial charge on any atom is 0.131 e. The highest BCUT2D eigenvalue weighted by Crippen LogP contribution is 1.96. The summed E-state index contributed by atoms with van der Waals surface area (Å²) in [6.07, 6.45) is 2.78. The van der Waals surface area contributed by atoms with Crippen LogP contribution in [0.3, 0.4) is 0 Å². The third-order valence-electron chi connectivity index (χ3n) is 1.19.